The van der Waals surface area contributed by atoms with E-state index in [1.807, 2.05) is 79.8 Å². The number of nitrogens with zero attached hydrogens (tertiary/aromatic N) is 3. The first-order chi connectivity index (χ1) is 11.7. The second-order valence-electron chi connectivity index (χ2n) is 5.71. The number of hydrogen-bond acceptors (Lipinski definition) is 3. The van der Waals surface area contributed by atoms with Gasteiger partial charge in [0.05, 0.1) is 23.9 Å². The lowest BCUT2D eigenvalue weighted by Gasteiger charge is -2.10. The summed E-state index contributed by atoms with van der Waals surface area (Å²) in [6.07, 6.45) is 3.92. The second-order valence-corrected chi connectivity index (χ2v) is 5.71. The molecule has 2 aromatic carbocycles. The topological polar surface area (TPSA) is 41.2 Å². The molecule has 0 unspecified atom stereocenters. The first-order valence-corrected chi connectivity index (χ1v) is 7.68. The number of ether oxygens (including phenoxy) is 1. The molecule has 0 N–H and O–H groups in total. The van der Waals surface area contributed by atoms with Crippen molar-refractivity contribution >= 4 is 17.0 Å². The SMILES string of the molecule is COc1ccc2c(C#N)c(C=CN(C)C)n(-c3ccccc3)c2c1. The highest BCUT2D eigenvalue weighted by Gasteiger charge is 2.17. The van der Waals surface area contributed by atoms with Gasteiger partial charge in [-0.1, -0.05) is 18.2 Å². The molecule has 0 spiro atoms. The largest absolute Gasteiger partial charge is 0.497 e. The van der Waals surface area contributed by atoms with Gasteiger partial charge in [0.15, 0.2) is 0 Å². The smallest absolute Gasteiger partial charge is 0.120 e. The van der Waals surface area contributed by atoms with Crippen LogP contribution in [0.3, 0.4) is 0 Å². The van der Waals surface area contributed by atoms with Crippen molar-refractivity contribution in [2.75, 3.05) is 21.2 Å². The normalized spacial score (nSPS) is 10.9. The number of benzene rings is 2. The molecule has 0 bridgehead atoms. The molecule has 0 fully saturated rings. The van der Waals surface area contributed by atoms with Gasteiger partial charge in [0.2, 0.25) is 0 Å². The van der Waals surface area contributed by atoms with E-state index >= 15 is 0 Å². The predicted molar refractivity (Wildman–Crippen MR) is 97.3 cm³/mol. The zero-order valence-electron chi connectivity index (χ0n) is 14.0. The van der Waals surface area contributed by atoms with E-state index in [0.29, 0.717) is 5.56 Å². The first-order valence-electron chi connectivity index (χ1n) is 7.68. The summed E-state index contributed by atoms with van der Waals surface area (Å²) in [6, 6.07) is 18.2. The molecule has 1 heterocycles. The molecular formula is C20H19N3O. The van der Waals surface area contributed by atoms with Crippen LogP contribution >= 0.6 is 0 Å². The van der Waals surface area contributed by atoms with Crippen LogP contribution in [-0.2, 0) is 0 Å². The maximum atomic E-state index is 9.73. The predicted octanol–water partition coefficient (Wildman–Crippen LogP) is 4.04. The van der Waals surface area contributed by atoms with Gasteiger partial charge in [-0.3, -0.25) is 0 Å². The maximum absolute atomic E-state index is 9.73. The third-order valence-electron chi connectivity index (χ3n) is 3.87. The number of rotatable bonds is 4. The molecule has 120 valence electrons. The van der Waals surface area contributed by atoms with Crippen LogP contribution in [0.2, 0.25) is 0 Å². The van der Waals surface area contributed by atoms with E-state index in [1.54, 1.807) is 7.11 Å². The quantitative estimate of drug-likeness (QED) is 0.729. The first kappa shape index (κ1) is 15.7. The molecule has 3 rings (SSSR count). The van der Waals surface area contributed by atoms with Crippen molar-refractivity contribution in [2.24, 2.45) is 0 Å². The van der Waals surface area contributed by atoms with Crippen LogP contribution in [-0.4, -0.2) is 30.7 Å². The standard InChI is InChI=1S/C20H19N3O/c1-22(2)12-11-19-18(14-21)17-10-9-16(24-3)13-20(17)23(19)15-7-5-4-6-8-15/h4-13H,1-3H3. The second kappa shape index (κ2) is 6.51. The summed E-state index contributed by atoms with van der Waals surface area (Å²) in [5, 5.41) is 10.6. The van der Waals surface area contributed by atoms with Crippen molar-refractivity contribution in [3.63, 3.8) is 0 Å². The Morgan fingerprint density at radius 2 is 1.88 bits per heavy atom. The molecule has 0 atom stereocenters. The van der Waals surface area contributed by atoms with Gasteiger partial charge < -0.3 is 14.2 Å². The fourth-order valence-electron chi connectivity index (χ4n) is 2.76. The van der Waals surface area contributed by atoms with Crippen molar-refractivity contribution in [1.29, 1.82) is 5.26 Å². The summed E-state index contributed by atoms with van der Waals surface area (Å²) >= 11 is 0. The average molecular weight is 317 g/mol. The van der Waals surface area contributed by atoms with Gasteiger partial charge in [-0.2, -0.15) is 5.26 Å². The van der Waals surface area contributed by atoms with Crippen molar-refractivity contribution in [3.05, 3.63) is 66.0 Å². The summed E-state index contributed by atoms with van der Waals surface area (Å²) in [6.45, 7) is 0. The van der Waals surface area contributed by atoms with Crippen molar-refractivity contribution in [3.8, 4) is 17.5 Å². The van der Waals surface area contributed by atoms with E-state index in [-0.39, 0.29) is 0 Å². The number of hydrogen-bond donors (Lipinski definition) is 0. The van der Waals surface area contributed by atoms with E-state index in [9.17, 15) is 5.26 Å². The molecule has 0 amide bonds. The minimum Gasteiger partial charge on any atom is -0.497 e. The molecule has 0 radical (unpaired) electrons. The zero-order chi connectivity index (χ0) is 17.1. The zero-order valence-corrected chi connectivity index (χ0v) is 14.0. The summed E-state index contributed by atoms with van der Waals surface area (Å²) in [4.78, 5) is 1.95. The highest BCUT2D eigenvalue weighted by Crippen LogP contribution is 2.32. The fourth-order valence-corrected chi connectivity index (χ4v) is 2.76. The Hall–Kier alpha value is -3.19. The Kier molecular flexibility index (Phi) is 4.26. The Labute approximate surface area is 141 Å². The van der Waals surface area contributed by atoms with Crippen molar-refractivity contribution in [2.45, 2.75) is 0 Å². The van der Waals surface area contributed by atoms with E-state index < -0.39 is 0 Å². The van der Waals surface area contributed by atoms with E-state index in [1.165, 1.54) is 0 Å². The molecule has 0 aliphatic rings. The van der Waals surface area contributed by atoms with Crippen LogP contribution in [0.4, 0.5) is 0 Å². The Bertz CT molecular complexity index is 931. The molecule has 3 aromatic rings. The lowest BCUT2D eigenvalue weighted by Crippen LogP contribution is -2.02. The van der Waals surface area contributed by atoms with E-state index in [4.69, 9.17) is 4.74 Å². The van der Waals surface area contributed by atoms with Crippen LogP contribution < -0.4 is 4.74 Å². The Morgan fingerprint density at radius 3 is 2.50 bits per heavy atom. The van der Waals surface area contributed by atoms with Crippen molar-refractivity contribution in [1.82, 2.24) is 9.47 Å². The van der Waals surface area contributed by atoms with Gasteiger partial charge in [0.1, 0.15) is 11.8 Å². The fraction of sp³-hybridized carbons (Fsp3) is 0.150. The summed E-state index contributed by atoms with van der Waals surface area (Å²) in [5.74, 6) is 0.768. The lowest BCUT2D eigenvalue weighted by molar-refractivity contribution is 0.415. The van der Waals surface area contributed by atoms with Crippen LogP contribution in [0.25, 0.3) is 22.7 Å². The maximum Gasteiger partial charge on any atom is 0.120 e. The summed E-state index contributed by atoms with van der Waals surface area (Å²) in [5.41, 5.74) is 3.49. The third-order valence-corrected chi connectivity index (χ3v) is 3.87. The monoisotopic (exact) mass is 317 g/mol. The minimum atomic E-state index is 0.662. The number of nitriles is 1. The summed E-state index contributed by atoms with van der Waals surface area (Å²) in [7, 11) is 5.57. The van der Waals surface area contributed by atoms with Gasteiger partial charge in [-0.25, -0.2) is 0 Å². The van der Waals surface area contributed by atoms with Gasteiger partial charge in [0.25, 0.3) is 0 Å². The van der Waals surface area contributed by atoms with Gasteiger partial charge in [-0.15, -0.1) is 0 Å². The molecule has 0 aliphatic carbocycles. The molecule has 0 aliphatic heterocycles. The molecule has 1 aromatic heterocycles. The van der Waals surface area contributed by atoms with Crippen LogP contribution in [0, 0.1) is 11.3 Å². The van der Waals surface area contributed by atoms with Gasteiger partial charge in [-0.05, 0) is 30.3 Å². The Morgan fingerprint density at radius 1 is 1.12 bits per heavy atom. The van der Waals surface area contributed by atoms with Crippen LogP contribution in [0.1, 0.15) is 11.3 Å². The number of methoxy groups -OCH3 is 1. The van der Waals surface area contributed by atoms with Crippen molar-refractivity contribution < 1.29 is 4.74 Å². The molecule has 4 heteroatoms. The highest BCUT2D eigenvalue weighted by atomic mass is 16.5. The number of para-hydroxylation sites is 1. The molecule has 4 nitrogen and oxygen atoms in total. The third kappa shape index (κ3) is 2.72. The van der Waals surface area contributed by atoms with Crippen LogP contribution in [0.15, 0.2) is 54.7 Å². The highest BCUT2D eigenvalue weighted by molar-refractivity contribution is 5.93. The number of aromatic nitrogens is 1. The van der Waals surface area contributed by atoms with Gasteiger partial charge in [0, 0.05) is 37.4 Å². The van der Waals surface area contributed by atoms with E-state index in [2.05, 4.69) is 10.6 Å². The van der Waals surface area contributed by atoms with E-state index in [0.717, 1.165) is 28.0 Å². The molecule has 24 heavy (non-hydrogen) atoms. The van der Waals surface area contributed by atoms with Crippen LogP contribution in [0.5, 0.6) is 5.75 Å². The number of fused-ring (bicyclic) bond motifs is 1. The minimum absolute atomic E-state index is 0.662. The Balaban J connectivity index is 2.40. The van der Waals surface area contributed by atoms with Gasteiger partial charge >= 0.3 is 0 Å². The molecule has 0 saturated heterocycles. The summed E-state index contributed by atoms with van der Waals surface area (Å²) < 4.78 is 7.47. The lowest BCUT2D eigenvalue weighted by atomic mass is 10.1. The molecular weight excluding hydrogens is 298 g/mol. The average Bonchev–Trinajstić information content (AvgIpc) is 2.92. The molecule has 0 saturated carbocycles.